The van der Waals surface area contributed by atoms with Crippen LogP contribution < -0.4 is 25.2 Å². The van der Waals surface area contributed by atoms with E-state index >= 15 is 0 Å². The topological polar surface area (TPSA) is 103 Å². The van der Waals surface area contributed by atoms with Crippen molar-refractivity contribution in [2.24, 2.45) is 5.41 Å². The van der Waals surface area contributed by atoms with E-state index in [4.69, 9.17) is 9.72 Å². The van der Waals surface area contributed by atoms with Crippen LogP contribution in [0.5, 0.6) is 5.75 Å². The Bertz CT molecular complexity index is 1270. The van der Waals surface area contributed by atoms with Crippen molar-refractivity contribution in [2.75, 3.05) is 56.0 Å². The quantitative estimate of drug-likeness (QED) is 0.502. The maximum atomic E-state index is 13.4. The number of hydrogen-bond donors (Lipinski definition) is 2. The molecule has 3 aliphatic rings. The van der Waals surface area contributed by atoms with Gasteiger partial charge in [-0.2, -0.15) is 4.98 Å². The van der Waals surface area contributed by atoms with Gasteiger partial charge >= 0.3 is 0 Å². The minimum absolute atomic E-state index is 0.0238. The van der Waals surface area contributed by atoms with Crippen LogP contribution in [0.1, 0.15) is 55.8 Å². The predicted molar refractivity (Wildman–Crippen MR) is 158 cm³/mol. The molecule has 1 aliphatic carbocycles. The van der Waals surface area contributed by atoms with Gasteiger partial charge in [0.2, 0.25) is 11.9 Å². The molecular weight excluding hydrogens is 506 g/mol. The minimum Gasteiger partial charge on any atom is -0.495 e. The maximum absolute atomic E-state index is 13.4. The fourth-order valence-electron chi connectivity index (χ4n) is 6.01. The first-order valence-electron chi connectivity index (χ1n) is 14.2. The van der Waals surface area contributed by atoms with E-state index in [0.29, 0.717) is 41.2 Å². The SMILES string of the molecule is C=C[C@]1(C)CN(C2CCCC2)c2nc(Nc3ccc(C(=O)NC4CCN(C)CC4)cc3OC)ncc2N(C)C1=O. The van der Waals surface area contributed by atoms with Crippen LogP contribution in [0.4, 0.5) is 23.1 Å². The minimum atomic E-state index is -0.737. The zero-order valence-electron chi connectivity index (χ0n) is 24.1. The number of carbonyl (C=O) groups is 2. The molecule has 40 heavy (non-hydrogen) atoms. The van der Waals surface area contributed by atoms with Crippen molar-refractivity contribution in [3.63, 3.8) is 0 Å². The van der Waals surface area contributed by atoms with Crippen LogP contribution in [0.15, 0.2) is 37.1 Å². The van der Waals surface area contributed by atoms with E-state index in [9.17, 15) is 9.59 Å². The highest BCUT2D eigenvalue weighted by molar-refractivity contribution is 6.02. The molecule has 3 heterocycles. The van der Waals surface area contributed by atoms with Gasteiger partial charge < -0.3 is 30.1 Å². The molecule has 1 aromatic heterocycles. The van der Waals surface area contributed by atoms with Crippen molar-refractivity contribution in [3.05, 3.63) is 42.6 Å². The lowest BCUT2D eigenvalue weighted by atomic mass is 9.88. The number of likely N-dealkylation sites (tertiary alicyclic amines) is 1. The van der Waals surface area contributed by atoms with E-state index in [1.54, 1.807) is 43.5 Å². The molecule has 1 atom stereocenters. The summed E-state index contributed by atoms with van der Waals surface area (Å²) in [5.74, 6) is 1.52. The molecule has 2 fully saturated rings. The first-order chi connectivity index (χ1) is 19.2. The Morgan fingerprint density at radius 1 is 1.18 bits per heavy atom. The summed E-state index contributed by atoms with van der Waals surface area (Å²) in [7, 11) is 5.45. The number of amides is 2. The molecule has 0 bridgehead atoms. The van der Waals surface area contributed by atoms with Crippen LogP contribution in [-0.2, 0) is 4.79 Å². The van der Waals surface area contributed by atoms with Crippen molar-refractivity contribution in [1.29, 1.82) is 0 Å². The van der Waals surface area contributed by atoms with Crippen LogP contribution in [0.25, 0.3) is 0 Å². The number of methoxy groups -OCH3 is 1. The molecule has 10 nitrogen and oxygen atoms in total. The summed E-state index contributed by atoms with van der Waals surface area (Å²) in [5, 5.41) is 6.44. The molecule has 5 rings (SSSR count). The Morgan fingerprint density at radius 3 is 2.58 bits per heavy atom. The summed E-state index contributed by atoms with van der Waals surface area (Å²) in [6.07, 6.45) is 9.79. The molecule has 0 spiro atoms. The third-order valence-corrected chi connectivity index (χ3v) is 8.66. The zero-order chi connectivity index (χ0) is 28.4. The van der Waals surface area contributed by atoms with Crippen molar-refractivity contribution in [3.8, 4) is 5.75 Å². The van der Waals surface area contributed by atoms with E-state index in [2.05, 4.69) is 39.0 Å². The maximum Gasteiger partial charge on any atom is 0.251 e. The average molecular weight is 548 g/mol. The Morgan fingerprint density at radius 2 is 1.90 bits per heavy atom. The van der Waals surface area contributed by atoms with Crippen LogP contribution >= 0.6 is 0 Å². The number of carbonyl (C=O) groups excluding carboxylic acids is 2. The normalized spacial score (nSPS) is 22.6. The second-order valence-corrected chi connectivity index (χ2v) is 11.5. The smallest absolute Gasteiger partial charge is 0.251 e. The largest absolute Gasteiger partial charge is 0.495 e. The van der Waals surface area contributed by atoms with Gasteiger partial charge in [-0.25, -0.2) is 4.98 Å². The summed E-state index contributed by atoms with van der Waals surface area (Å²) >= 11 is 0. The number of nitrogens with zero attached hydrogens (tertiary/aromatic N) is 5. The summed E-state index contributed by atoms with van der Waals surface area (Å²) in [5.41, 5.74) is 1.14. The van der Waals surface area contributed by atoms with Gasteiger partial charge in [0.25, 0.3) is 5.91 Å². The lowest BCUT2D eigenvalue weighted by Crippen LogP contribution is -2.45. The molecule has 2 aromatic rings. The van der Waals surface area contributed by atoms with Crippen LogP contribution in [0.3, 0.4) is 0 Å². The Balaban J connectivity index is 1.40. The van der Waals surface area contributed by atoms with Crippen molar-refractivity contribution in [2.45, 2.75) is 57.5 Å². The Labute approximate surface area is 236 Å². The highest BCUT2D eigenvalue weighted by Crippen LogP contribution is 2.41. The second-order valence-electron chi connectivity index (χ2n) is 11.5. The lowest BCUT2D eigenvalue weighted by molar-refractivity contribution is -0.124. The first kappa shape index (κ1) is 27.9. The second kappa shape index (κ2) is 11.4. The number of rotatable bonds is 7. The monoisotopic (exact) mass is 547 g/mol. The van der Waals surface area contributed by atoms with Gasteiger partial charge in [0.05, 0.1) is 24.4 Å². The number of aromatic nitrogens is 2. The van der Waals surface area contributed by atoms with Gasteiger partial charge in [-0.05, 0) is 70.9 Å². The van der Waals surface area contributed by atoms with Crippen molar-refractivity contribution < 1.29 is 14.3 Å². The number of fused-ring (bicyclic) bond motifs is 1. The predicted octanol–water partition coefficient (Wildman–Crippen LogP) is 3.97. The molecule has 1 saturated heterocycles. The van der Waals surface area contributed by atoms with E-state index in [0.717, 1.165) is 57.4 Å². The van der Waals surface area contributed by atoms with Gasteiger partial charge in [-0.1, -0.05) is 18.9 Å². The zero-order valence-corrected chi connectivity index (χ0v) is 24.1. The summed E-state index contributed by atoms with van der Waals surface area (Å²) in [6.45, 7) is 8.40. The number of nitrogens with one attached hydrogen (secondary N) is 2. The summed E-state index contributed by atoms with van der Waals surface area (Å²) < 4.78 is 5.64. The number of benzene rings is 1. The van der Waals surface area contributed by atoms with Gasteiger partial charge in [-0.15, -0.1) is 6.58 Å². The molecule has 1 saturated carbocycles. The Hall–Kier alpha value is -3.66. The van der Waals surface area contributed by atoms with E-state index in [1.165, 1.54) is 0 Å². The van der Waals surface area contributed by atoms with Crippen molar-refractivity contribution in [1.82, 2.24) is 20.2 Å². The van der Waals surface area contributed by atoms with E-state index in [-0.39, 0.29) is 17.9 Å². The molecule has 2 amide bonds. The summed E-state index contributed by atoms with van der Waals surface area (Å²) in [4.78, 5) is 42.0. The van der Waals surface area contributed by atoms with Gasteiger partial charge in [0.15, 0.2) is 5.82 Å². The first-order valence-corrected chi connectivity index (χ1v) is 14.2. The molecule has 10 heteroatoms. The number of hydrogen-bond acceptors (Lipinski definition) is 8. The average Bonchev–Trinajstić information content (AvgIpc) is 3.49. The fraction of sp³-hybridized carbons (Fsp3) is 0.533. The molecular formula is C30H41N7O3. The third kappa shape index (κ3) is 5.50. The van der Waals surface area contributed by atoms with Crippen molar-refractivity contribution >= 4 is 35.0 Å². The van der Waals surface area contributed by atoms with Crippen LogP contribution in [0.2, 0.25) is 0 Å². The van der Waals surface area contributed by atoms with Crippen LogP contribution in [-0.4, -0.2) is 79.6 Å². The molecule has 214 valence electrons. The summed E-state index contributed by atoms with van der Waals surface area (Å²) in [6, 6.07) is 5.82. The van der Waals surface area contributed by atoms with E-state index in [1.807, 2.05) is 13.0 Å². The van der Waals surface area contributed by atoms with Gasteiger partial charge in [0, 0.05) is 31.2 Å². The molecule has 0 radical (unpaired) electrons. The number of ether oxygens (including phenoxy) is 1. The molecule has 1 aromatic carbocycles. The lowest BCUT2D eigenvalue weighted by Gasteiger charge is -2.34. The highest BCUT2D eigenvalue weighted by Gasteiger charge is 2.42. The molecule has 2 N–H and O–H groups in total. The third-order valence-electron chi connectivity index (χ3n) is 8.66. The highest BCUT2D eigenvalue weighted by atomic mass is 16.5. The van der Waals surface area contributed by atoms with E-state index < -0.39 is 5.41 Å². The van der Waals surface area contributed by atoms with Gasteiger partial charge in [0.1, 0.15) is 11.4 Å². The van der Waals surface area contributed by atoms with Gasteiger partial charge in [-0.3, -0.25) is 9.59 Å². The molecule has 2 aliphatic heterocycles. The fourth-order valence-corrected chi connectivity index (χ4v) is 6.01. The standard InChI is InChI=1S/C30H41N7O3/c1-6-30(2)19-37(22-9-7-8-10-22)26-24(36(4)28(30)39)18-31-29(34-26)33-23-12-11-20(17-25(23)40-5)27(38)32-21-13-15-35(3)16-14-21/h6,11-12,17-18,21-22H,1,7-10,13-16,19H2,2-5H3,(H,32,38)(H,31,33,34)/t30-/m1/s1. The Kier molecular flexibility index (Phi) is 7.98. The number of anilines is 4. The molecule has 0 unspecified atom stereocenters. The van der Waals surface area contributed by atoms with Crippen LogP contribution in [0, 0.1) is 5.41 Å². The number of piperidine rings is 1.